The third-order valence-electron chi connectivity index (χ3n) is 2.10. The lowest BCUT2D eigenvalue weighted by atomic mass is 10.1. The van der Waals surface area contributed by atoms with Gasteiger partial charge in [-0.1, -0.05) is 26.2 Å². The highest BCUT2D eigenvalue weighted by Crippen LogP contribution is 2.30. The van der Waals surface area contributed by atoms with Crippen molar-refractivity contribution in [3.05, 3.63) is 20.8 Å². The van der Waals surface area contributed by atoms with Crippen molar-refractivity contribution in [1.82, 2.24) is 0 Å². The van der Waals surface area contributed by atoms with Crippen LogP contribution in [0.15, 0.2) is 15.9 Å². The second kappa shape index (κ2) is 7.69. The fraction of sp³-hybridized carbons (Fsp3) is 0.600. The molecule has 1 aromatic rings. The Morgan fingerprint density at radius 1 is 1.50 bits per heavy atom. The summed E-state index contributed by atoms with van der Waals surface area (Å²) in [4.78, 5) is 1.29. The lowest BCUT2D eigenvalue weighted by Gasteiger charge is -2.09. The molecule has 0 aromatic carbocycles. The van der Waals surface area contributed by atoms with E-state index in [0.717, 1.165) is 6.42 Å². The van der Waals surface area contributed by atoms with Crippen molar-refractivity contribution in [1.29, 1.82) is 0 Å². The highest BCUT2D eigenvalue weighted by atomic mass is 79.9. The van der Waals surface area contributed by atoms with Gasteiger partial charge in [-0.25, -0.2) is 0 Å². The molecule has 1 rings (SSSR count). The molecule has 0 saturated heterocycles. The number of thiophene rings is 1. The Bertz CT molecular complexity index is 252. The van der Waals surface area contributed by atoms with Gasteiger partial charge in [0, 0.05) is 15.4 Å². The minimum atomic E-state index is 0. The third kappa shape index (κ3) is 4.30. The second-order valence-corrected chi connectivity index (χ2v) is 5.04. The normalized spacial score (nSPS) is 12.2. The SMILES string of the molecule is CCCCC[C@@H](N)c1sccc1Br.Cl. The fourth-order valence-corrected chi connectivity index (χ4v) is 3.02. The Morgan fingerprint density at radius 2 is 2.21 bits per heavy atom. The molecule has 0 fully saturated rings. The average Bonchev–Trinajstić information content (AvgIpc) is 2.52. The maximum absolute atomic E-state index is 6.06. The predicted octanol–water partition coefficient (Wildman–Crippen LogP) is 4.51. The first-order chi connectivity index (χ1) is 6.25. The van der Waals surface area contributed by atoms with Gasteiger partial charge in [0.25, 0.3) is 0 Å². The number of hydrogen-bond acceptors (Lipinski definition) is 2. The van der Waals surface area contributed by atoms with Crippen molar-refractivity contribution < 1.29 is 0 Å². The van der Waals surface area contributed by atoms with Crippen LogP contribution in [0.5, 0.6) is 0 Å². The van der Waals surface area contributed by atoms with E-state index in [-0.39, 0.29) is 18.4 Å². The van der Waals surface area contributed by atoms with Crippen molar-refractivity contribution in [3.63, 3.8) is 0 Å². The molecule has 4 heteroatoms. The third-order valence-corrected chi connectivity index (χ3v) is 4.10. The van der Waals surface area contributed by atoms with Gasteiger partial charge in [-0.05, 0) is 33.8 Å². The highest BCUT2D eigenvalue weighted by molar-refractivity contribution is 9.10. The summed E-state index contributed by atoms with van der Waals surface area (Å²) in [5, 5.41) is 2.08. The van der Waals surface area contributed by atoms with Crippen LogP contribution in [0, 0.1) is 0 Å². The van der Waals surface area contributed by atoms with Crippen molar-refractivity contribution in [2.24, 2.45) is 5.73 Å². The molecule has 2 N–H and O–H groups in total. The Morgan fingerprint density at radius 3 is 2.71 bits per heavy atom. The molecule has 1 aromatic heterocycles. The molecule has 1 atom stereocenters. The maximum atomic E-state index is 6.06. The summed E-state index contributed by atoms with van der Waals surface area (Å²) in [5.74, 6) is 0. The topological polar surface area (TPSA) is 26.0 Å². The minimum Gasteiger partial charge on any atom is -0.323 e. The molecule has 0 saturated carbocycles. The van der Waals surface area contributed by atoms with Crippen LogP contribution in [0.2, 0.25) is 0 Å². The van der Waals surface area contributed by atoms with Gasteiger partial charge in [-0.15, -0.1) is 23.7 Å². The zero-order valence-corrected chi connectivity index (χ0v) is 11.6. The van der Waals surface area contributed by atoms with E-state index in [0.29, 0.717) is 0 Å². The van der Waals surface area contributed by atoms with Gasteiger partial charge < -0.3 is 5.73 Å². The quantitative estimate of drug-likeness (QED) is 0.795. The van der Waals surface area contributed by atoms with E-state index < -0.39 is 0 Å². The molecule has 0 aliphatic rings. The smallest absolute Gasteiger partial charge is 0.0401 e. The molecule has 0 aliphatic heterocycles. The fourth-order valence-electron chi connectivity index (χ4n) is 1.32. The van der Waals surface area contributed by atoms with E-state index in [1.54, 1.807) is 11.3 Å². The van der Waals surface area contributed by atoms with Crippen LogP contribution in [0.1, 0.15) is 43.5 Å². The number of unbranched alkanes of at least 4 members (excludes halogenated alkanes) is 2. The number of rotatable bonds is 5. The first-order valence-corrected chi connectivity index (χ1v) is 6.41. The number of nitrogens with two attached hydrogens (primary N) is 1. The van der Waals surface area contributed by atoms with E-state index >= 15 is 0 Å². The Hall–Kier alpha value is 0.430. The van der Waals surface area contributed by atoms with Crippen molar-refractivity contribution in [2.45, 2.75) is 38.6 Å². The Balaban J connectivity index is 0.00000169. The average molecular weight is 299 g/mol. The Kier molecular flexibility index (Phi) is 7.92. The lowest BCUT2D eigenvalue weighted by Crippen LogP contribution is -2.08. The number of halogens is 2. The molecule has 14 heavy (non-hydrogen) atoms. The van der Waals surface area contributed by atoms with Gasteiger partial charge in [-0.3, -0.25) is 0 Å². The van der Waals surface area contributed by atoms with Gasteiger partial charge in [-0.2, -0.15) is 0 Å². The van der Waals surface area contributed by atoms with E-state index in [1.807, 2.05) is 0 Å². The van der Waals surface area contributed by atoms with E-state index in [4.69, 9.17) is 5.73 Å². The molecule has 0 spiro atoms. The first-order valence-electron chi connectivity index (χ1n) is 4.74. The zero-order chi connectivity index (χ0) is 9.68. The van der Waals surface area contributed by atoms with Crippen LogP contribution < -0.4 is 5.73 Å². The monoisotopic (exact) mass is 297 g/mol. The summed E-state index contributed by atoms with van der Waals surface area (Å²) in [7, 11) is 0. The minimum absolute atomic E-state index is 0. The molecule has 1 nitrogen and oxygen atoms in total. The van der Waals surface area contributed by atoms with E-state index in [1.165, 1.54) is 28.6 Å². The summed E-state index contributed by atoms with van der Waals surface area (Å²) in [5.41, 5.74) is 6.06. The van der Waals surface area contributed by atoms with E-state index in [2.05, 4.69) is 34.3 Å². The zero-order valence-electron chi connectivity index (χ0n) is 8.33. The molecule has 0 unspecified atom stereocenters. The summed E-state index contributed by atoms with van der Waals surface area (Å²) in [6, 6.07) is 2.29. The molecule has 1 heterocycles. The lowest BCUT2D eigenvalue weighted by molar-refractivity contribution is 0.586. The van der Waals surface area contributed by atoms with Crippen LogP contribution in [0.4, 0.5) is 0 Å². The maximum Gasteiger partial charge on any atom is 0.0401 e. The second-order valence-electron chi connectivity index (χ2n) is 3.24. The summed E-state index contributed by atoms with van der Waals surface area (Å²) in [6.07, 6.45) is 4.89. The molecule has 0 amide bonds. The van der Waals surface area contributed by atoms with Crippen LogP contribution in [-0.2, 0) is 0 Å². The van der Waals surface area contributed by atoms with Crippen LogP contribution >= 0.6 is 39.7 Å². The standard InChI is InChI=1S/C10H16BrNS.ClH/c1-2-3-4-5-9(12)10-8(11)6-7-13-10;/h6-7,9H,2-5,12H2,1H3;1H/t9-;/m1./s1. The van der Waals surface area contributed by atoms with Crippen LogP contribution in [0.25, 0.3) is 0 Å². The Labute approximate surface area is 105 Å². The van der Waals surface area contributed by atoms with Crippen molar-refractivity contribution >= 4 is 39.7 Å². The summed E-state index contributed by atoms with van der Waals surface area (Å²) < 4.78 is 1.17. The van der Waals surface area contributed by atoms with Gasteiger partial charge in [0.15, 0.2) is 0 Å². The number of hydrogen-bond donors (Lipinski definition) is 1. The van der Waals surface area contributed by atoms with E-state index in [9.17, 15) is 0 Å². The van der Waals surface area contributed by atoms with Gasteiger partial charge in [0.05, 0.1) is 0 Å². The molecule has 0 bridgehead atoms. The van der Waals surface area contributed by atoms with Crippen molar-refractivity contribution in [2.75, 3.05) is 0 Å². The molecule has 0 aliphatic carbocycles. The predicted molar refractivity (Wildman–Crippen MR) is 70.3 cm³/mol. The summed E-state index contributed by atoms with van der Waals surface area (Å²) in [6.45, 7) is 2.21. The van der Waals surface area contributed by atoms with Crippen molar-refractivity contribution in [3.8, 4) is 0 Å². The molecular weight excluding hydrogens is 282 g/mol. The van der Waals surface area contributed by atoms with Gasteiger partial charge >= 0.3 is 0 Å². The van der Waals surface area contributed by atoms with Gasteiger partial charge in [0.1, 0.15) is 0 Å². The first kappa shape index (κ1) is 14.4. The summed E-state index contributed by atoms with van der Waals surface area (Å²) >= 11 is 5.25. The molecular formula is C10H17BrClNS. The molecule has 82 valence electrons. The van der Waals surface area contributed by atoms with Crippen LogP contribution in [-0.4, -0.2) is 0 Å². The van der Waals surface area contributed by atoms with Crippen LogP contribution in [0.3, 0.4) is 0 Å². The van der Waals surface area contributed by atoms with Gasteiger partial charge in [0.2, 0.25) is 0 Å². The largest absolute Gasteiger partial charge is 0.323 e. The highest BCUT2D eigenvalue weighted by Gasteiger charge is 2.10. The molecule has 0 radical (unpaired) electrons.